The molecule has 206 valence electrons. The van der Waals surface area contributed by atoms with Crippen LogP contribution in [0.25, 0.3) is 11.0 Å². The number of rotatable bonds is 5. The second-order valence-electron chi connectivity index (χ2n) is 11.3. The number of fused-ring (bicyclic) bond motifs is 1. The Hall–Kier alpha value is -3.73. The van der Waals surface area contributed by atoms with Crippen molar-refractivity contribution >= 4 is 40.5 Å². The van der Waals surface area contributed by atoms with E-state index in [1.807, 2.05) is 18.2 Å². The number of carbonyl (C=O) groups is 2. The van der Waals surface area contributed by atoms with Gasteiger partial charge in [0.2, 0.25) is 5.95 Å². The van der Waals surface area contributed by atoms with Crippen LogP contribution in [0.5, 0.6) is 0 Å². The van der Waals surface area contributed by atoms with Crippen molar-refractivity contribution in [2.75, 3.05) is 51.0 Å². The summed E-state index contributed by atoms with van der Waals surface area (Å²) in [6, 6.07) is 5.82. The fourth-order valence-corrected chi connectivity index (χ4v) is 6.11. The van der Waals surface area contributed by atoms with Crippen molar-refractivity contribution in [1.82, 2.24) is 29.3 Å². The van der Waals surface area contributed by atoms with Crippen molar-refractivity contribution in [3.8, 4) is 0 Å². The number of hydrogen-bond donors (Lipinski definition) is 1. The van der Waals surface area contributed by atoms with Crippen LogP contribution in [0.4, 0.5) is 22.2 Å². The summed E-state index contributed by atoms with van der Waals surface area (Å²) in [5.74, 6) is 0.941. The summed E-state index contributed by atoms with van der Waals surface area (Å²) < 4.78 is 8.00. The van der Waals surface area contributed by atoms with Crippen molar-refractivity contribution in [3.63, 3.8) is 0 Å². The molecule has 5 heterocycles. The van der Waals surface area contributed by atoms with Gasteiger partial charge in [0.05, 0.1) is 18.4 Å². The fourth-order valence-electron chi connectivity index (χ4n) is 6.11. The first-order valence-electron chi connectivity index (χ1n) is 13.8. The van der Waals surface area contributed by atoms with Crippen LogP contribution >= 0.6 is 0 Å². The lowest BCUT2D eigenvalue weighted by Crippen LogP contribution is -2.35. The van der Waals surface area contributed by atoms with Gasteiger partial charge in [-0.15, -0.1) is 0 Å². The first kappa shape index (κ1) is 25.5. The van der Waals surface area contributed by atoms with Gasteiger partial charge in [-0.3, -0.25) is 9.69 Å². The first-order chi connectivity index (χ1) is 18.8. The van der Waals surface area contributed by atoms with E-state index in [4.69, 9.17) is 9.72 Å². The number of nitrogens with zero attached hydrogens (tertiary/aromatic N) is 7. The Morgan fingerprint density at radius 2 is 1.92 bits per heavy atom. The zero-order chi connectivity index (χ0) is 27.1. The third kappa shape index (κ3) is 4.91. The highest BCUT2D eigenvalue weighted by molar-refractivity contribution is 5.98. The highest BCUT2D eigenvalue weighted by Crippen LogP contribution is 2.36. The molecule has 3 aliphatic rings. The molecule has 3 fully saturated rings. The minimum Gasteiger partial charge on any atom is -0.441 e. The molecule has 2 saturated heterocycles. The Morgan fingerprint density at radius 3 is 2.67 bits per heavy atom. The molecule has 2 amide bonds. The van der Waals surface area contributed by atoms with Crippen LogP contribution in [0, 0.1) is 0 Å². The van der Waals surface area contributed by atoms with Gasteiger partial charge in [-0.2, -0.15) is 4.98 Å². The van der Waals surface area contributed by atoms with Gasteiger partial charge in [-0.25, -0.2) is 14.8 Å². The van der Waals surface area contributed by atoms with E-state index in [0.717, 1.165) is 69.1 Å². The van der Waals surface area contributed by atoms with Gasteiger partial charge in [0, 0.05) is 44.7 Å². The van der Waals surface area contributed by atoms with Gasteiger partial charge >= 0.3 is 6.09 Å². The number of amides is 2. The van der Waals surface area contributed by atoms with Crippen molar-refractivity contribution < 1.29 is 14.3 Å². The second-order valence-corrected chi connectivity index (χ2v) is 11.3. The summed E-state index contributed by atoms with van der Waals surface area (Å²) in [6.07, 6.45) is 10.2. The summed E-state index contributed by atoms with van der Waals surface area (Å²) in [6.45, 7) is 2.48. The minimum absolute atomic E-state index is 0.0373. The van der Waals surface area contributed by atoms with Gasteiger partial charge in [-0.05, 0) is 57.5 Å². The molecule has 1 unspecified atom stereocenters. The van der Waals surface area contributed by atoms with Gasteiger partial charge in [-0.1, -0.05) is 12.8 Å². The molecule has 6 rings (SSSR count). The first-order valence-corrected chi connectivity index (χ1v) is 13.8. The molecule has 0 bridgehead atoms. The van der Waals surface area contributed by atoms with Crippen LogP contribution < -0.4 is 10.2 Å². The molecular weight excluding hydrogens is 496 g/mol. The predicted octanol–water partition coefficient (Wildman–Crippen LogP) is 4.20. The largest absolute Gasteiger partial charge is 0.441 e. The van der Waals surface area contributed by atoms with Crippen LogP contribution in [0.1, 0.15) is 61.5 Å². The van der Waals surface area contributed by atoms with Crippen molar-refractivity contribution in [1.29, 1.82) is 0 Å². The normalized spacial score (nSPS) is 22.4. The Balaban J connectivity index is 1.22. The van der Waals surface area contributed by atoms with Crippen molar-refractivity contribution in [2.45, 2.75) is 56.6 Å². The minimum atomic E-state index is -0.428. The zero-order valence-corrected chi connectivity index (χ0v) is 22.9. The Bertz CT molecular complexity index is 1380. The van der Waals surface area contributed by atoms with Crippen LogP contribution in [0.2, 0.25) is 0 Å². The molecule has 3 aromatic rings. The molecule has 2 aliphatic heterocycles. The number of hydrogen-bond acceptors (Lipinski definition) is 8. The lowest BCUT2D eigenvalue weighted by Gasteiger charge is -2.25. The number of nitrogens with one attached hydrogen (secondary N) is 1. The lowest BCUT2D eigenvalue weighted by molar-refractivity contribution is 0.0451. The van der Waals surface area contributed by atoms with Gasteiger partial charge in [0.25, 0.3) is 5.91 Å². The van der Waals surface area contributed by atoms with E-state index >= 15 is 0 Å². The molecule has 1 aliphatic carbocycles. The fraction of sp³-hybridized carbons (Fsp3) is 0.536. The monoisotopic (exact) mass is 532 g/mol. The number of ether oxygens (including phenoxy) is 1. The number of likely N-dealkylation sites (tertiary alicyclic amines) is 1. The SMILES string of the molecule is CN1CCCC2(CC1)CN(c1ccc(Nc3ncc4cc(C(=O)N(C)C)n(C5CCCC5)c4n3)nc1)C(=O)O2. The molecule has 1 spiro atoms. The van der Waals surface area contributed by atoms with Crippen LogP contribution in [0.15, 0.2) is 30.6 Å². The van der Waals surface area contributed by atoms with Gasteiger partial charge < -0.3 is 24.4 Å². The quantitative estimate of drug-likeness (QED) is 0.521. The predicted molar refractivity (Wildman–Crippen MR) is 148 cm³/mol. The summed E-state index contributed by atoms with van der Waals surface area (Å²) in [4.78, 5) is 45.1. The Labute approximate surface area is 228 Å². The average Bonchev–Trinajstić information content (AvgIpc) is 3.62. The van der Waals surface area contributed by atoms with E-state index in [0.29, 0.717) is 29.7 Å². The molecule has 3 aromatic heterocycles. The molecule has 11 nitrogen and oxygen atoms in total. The third-order valence-electron chi connectivity index (χ3n) is 8.28. The van der Waals surface area contributed by atoms with E-state index in [1.165, 1.54) is 0 Å². The second kappa shape index (κ2) is 10.1. The van der Waals surface area contributed by atoms with Crippen LogP contribution in [-0.2, 0) is 4.74 Å². The molecule has 1 N–H and O–H groups in total. The van der Waals surface area contributed by atoms with Gasteiger partial charge in [0.1, 0.15) is 22.8 Å². The zero-order valence-electron chi connectivity index (χ0n) is 22.9. The number of pyridine rings is 1. The standard InChI is InChI=1S/C28H36N8O3/c1-33(2)25(37)22-15-19-16-30-26(32-24(19)36(22)20-7-4-5-8-20)31-23-10-9-21(17-29-23)35-18-28(39-27(35)38)11-6-13-34(3)14-12-28/h9-10,15-17,20H,4-8,11-14,18H2,1-3H3,(H,29,30,31,32). The summed E-state index contributed by atoms with van der Waals surface area (Å²) >= 11 is 0. The third-order valence-corrected chi connectivity index (χ3v) is 8.28. The number of carbonyl (C=O) groups excluding carboxylic acids is 2. The molecule has 0 radical (unpaired) electrons. The maximum absolute atomic E-state index is 13.0. The maximum atomic E-state index is 13.0. The Kier molecular flexibility index (Phi) is 6.62. The highest BCUT2D eigenvalue weighted by Gasteiger charge is 2.46. The van der Waals surface area contributed by atoms with E-state index in [2.05, 4.69) is 31.8 Å². The van der Waals surface area contributed by atoms with E-state index in [9.17, 15) is 9.59 Å². The van der Waals surface area contributed by atoms with E-state index in [-0.39, 0.29) is 18.0 Å². The van der Waals surface area contributed by atoms with Crippen LogP contribution in [0.3, 0.4) is 0 Å². The summed E-state index contributed by atoms with van der Waals surface area (Å²) in [7, 11) is 5.65. The van der Waals surface area contributed by atoms with Crippen molar-refractivity contribution in [3.05, 3.63) is 36.3 Å². The molecular formula is C28H36N8O3. The Morgan fingerprint density at radius 1 is 1.10 bits per heavy atom. The summed E-state index contributed by atoms with van der Waals surface area (Å²) in [5.41, 5.74) is 1.67. The van der Waals surface area contributed by atoms with Crippen LogP contribution in [-0.4, -0.2) is 87.7 Å². The smallest absolute Gasteiger partial charge is 0.415 e. The maximum Gasteiger partial charge on any atom is 0.415 e. The number of aromatic nitrogens is 4. The molecule has 0 aromatic carbocycles. The van der Waals surface area contributed by atoms with Gasteiger partial charge in [0.15, 0.2) is 0 Å². The summed E-state index contributed by atoms with van der Waals surface area (Å²) in [5, 5.41) is 4.03. The average molecular weight is 533 g/mol. The van der Waals surface area contributed by atoms with E-state index < -0.39 is 5.60 Å². The molecule has 1 atom stereocenters. The molecule has 11 heteroatoms. The molecule has 39 heavy (non-hydrogen) atoms. The highest BCUT2D eigenvalue weighted by atomic mass is 16.6. The van der Waals surface area contributed by atoms with E-state index in [1.54, 1.807) is 36.3 Å². The topological polar surface area (TPSA) is 109 Å². The molecule has 1 saturated carbocycles. The number of anilines is 3. The lowest BCUT2D eigenvalue weighted by atomic mass is 9.95. The van der Waals surface area contributed by atoms with Crippen molar-refractivity contribution in [2.24, 2.45) is 0 Å².